The standard InChI is InChI=1S/C17H29N3O/c1-3-5-6-11-21-16-9-7-14(8-10-16)17-12-15(19-20-17)13-18-4-2/h7-10,15,17-20H,3-6,11-13H2,1-2H3. The van der Waals surface area contributed by atoms with E-state index >= 15 is 0 Å². The number of benzene rings is 1. The molecule has 4 heteroatoms. The molecule has 0 aliphatic carbocycles. The number of nitrogens with one attached hydrogen (secondary N) is 3. The molecule has 1 saturated heterocycles. The van der Waals surface area contributed by atoms with Crippen LogP contribution in [-0.2, 0) is 0 Å². The van der Waals surface area contributed by atoms with Crippen LogP contribution in [0.5, 0.6) is 5.75 Å². The van der Waals surface area contributed by atoms with Crippen molar-refractivity contribution >= 4 is 0 Å². The second kappa shape index (κ2) is 9.03. The molecule has 21 heavy (non-hydrogen) atoms. The van der Waals surface area contributed by atoms with Crippen molar-refractivity contribution in [3.63, 3.8) is 0 Å². The maximum Gasteiger partial charge on any atom is 0.119 e. The van der Waals surface area contributed by atoms with Crippen LogP contribution >= 0.6 is 0 Å². The number of hydrogen-bond acceptors (Lipinski definition) is 4. The van der Waals surface area contributed by atoms with E-state index in [2.05, 4.69) is 54.3 Å². The van der Waals surface area contributed by atoms with Gasteiger partial charge in [0.2, 0.25) is 0 Å². The zero-order valence-electron chi connectivity index (χ0n) is 13.3. The maximum atomic E-state index is 5.75. The summed E-state index contributed by atoms with van der Waals surface area (Å²) < 4.78 is 5.75. The molecule has 4 nitrogen and oxygen atoms in total. The van der Waals surface area contributed by atoms with E-state index in [1.807, 2.05) is 0 Å². The van der Waals surface area contributed by atoms with Gasteiger partial charge in [-0.2, -0.15) is 0 Å². The Hall–Kier alpha value is -1.10. The van der Waals surface area contributed by atoms with E-state index in [1.54, 1.807) is 0 Å². The Morgan fingerprint density at radius 3 is 2.67 bits per heavy atom. The molecule has 0 aromatic heterocycles. The van der Waals surface area contributed by atoms with Crippen molar-refractivity contribution in [3.8, 4) is 5.75 Å². The fourth-order valence-corrected chi connectivity index (χ4v) is 2.63. The molecule has 1 heterocycles. The lowest BCUT2D eigenvalue weighted by Crippen LogP contribution is -2.37. The Labute approximate surface area is 128 Å². The molecule has 1 aliphatic heterocycles. The summed E-state index contributed by atoms with van der Waals surface area (Å²) >= 11 is 0. The van der Waals surface area contributed by atoms with Gasteiger partial charge in [-0.25, -0.2) is 5.43 Å². The lowest BCUT2D eigenvalue weighted by Gasteiger charge is -2.11. The molecule has 2 unspecified atom stereocenters. The van der Waals surface area contributed by atoms with Crippen LogP contribution in [0.25, 0.3) is 0 Å². The van der Waals surface area contributed by atoms with Crippen LogP contribution in [-0.4, -0.2) is 25.7 Å². The van der Waals surface area contributed by atoms with Gasteiger partial charge in [0, 0.05) is 18.6 Å². The van der Waals surface area contributed by atoms with E-state index in [0.717, 1.165) is 38.3 Å². The molecular weight excluding hydrogens is 262 g/mol. The third-order valence-electron chi connectivity index (χ3n) is 3.92. The third kappa shape index (κ3) is 5.30. The summed E-state index contributed by atoms with van der Waals surface area (Å²) in [4.78, 5) is 0. The van der Waals surface area contributed by atoms with Gasteiger partial charge in [0.25, 0.3) is 0 Å². The molecule has 1 fully saturated rings. The van der Waals surface area contributed by atoms with Gasteiger partial charge in [0.05, 0.1) is 6.61 Å². The number of unbranched alkanes of at least 4 members (excludes halogenated alkanes) is 2. The molecule has 3 N–H and O–H groups in total. The normalized spacial score (nSPS) is 21.6. The predicted octanol–water partition coefficient (Wildman–Crippen LogP) is 2.77. The monoisotopic (exact) mass is 291 g/mol. The van der Waals surface area contributed by atoms with Crippen molar-refractivity contribution < 1.29 is 4.74 Å². The smallest absolute Gasteiger partial charge is 0.119 e. The predicted molar refractivity (Wildman–Crippen MR) is 87.4 cm³/mol. The van der Waals surface area contributed by atoms with Gasteiger partial charge < -0.3 is 10.1 Å². The van der Waals surface area contributed by atoms with Gasteiger partial charge >= 0.3 is 0 Å². The van der Waals surface area contributed by atoms with Crippen molar-refractivity contribution in [3.05, 3.63) is 29.8 Å². The average Bonchev–Trinajstić information content (AvgIpc) is 2.99. The van der Waals surface area contributed by atoms with Crippen molar-refractivity contribution in [1.82, 2.24) is 16.2 Å². The van der Waals surface area contributed by atoms with Gasteiger partial charge in [-0.3, -0.25) is 5.43 Å². The summed E-state index contributed by atoms with van der Waals surface area (Å²) in [6, 6.07) is 9.40. The Morgan fingerprint density at radius 2 is 1.95 bits per heavy atom. The number of hydrogen-bond donors (Lipinski definition) is 3. The minimum Gasteiger partial charge on any atom is -0.494 e. The summed E-state index contributed by atoms with van der Waals surface area (Å²) in [6.45, 7) is 7.20. The molecule has 0 saturated carbocycles. The molecule has 2 atom stereocenters. The topological polar surface area (TPSA) is 45.3 Å². The summed E-state index contributed by atoms with van der Waals surface area (Å²) in [5.41, 5.74) is 8.06. The van der Waals surface area contributed by atoms with E-state index in [0.29, 0.717) is 12.1 Å². The largest absolute Gasteiger partial charge is 0.494 e. The minimum atomic E-state index is 0.391. The molecule has 0 radical (unpaired) electrons. The minimum absolute atomic E-state index is 0.391. The summed E-state index contributed by atoms with van der Waals surface area (Å²) in [5, 5.41) is 3.38. The fraction of sp³-hybridized carbons (Fsp3) is 0.647. The van der Waals surface area contributed by atoms with Gasteiger partial charge in [-0.05, 0) is 37.1 Å². The van der Waals surface area contributed by atoms with Crippen LogP contribution in [0, 0.1) is 0 Å². The fourth-order valence-electron chi connectivity index (χ4n) is 2.63. The second-order valence-electron chi connectivity index (χ2n) is 5.71. The lowest BCUT2D eigenvalue weighted by atomic mass is 10.0. The van der Waals surface area contributed by atoms with Crippen LogP contribution in [0.4, 0.5) is 0 Å². The van der Waals surface area contributed by atoms with Gasteiger partial charge in [-0.1, -0.05) is 38.8 Å². The van der Waals surface area contributed by atoms with Gasteiger partial charge in [-0.15, -0.1) is 0 Å². The SMILES string of the molecule is CCCCCOc1ccc(C2CC(CNCC)NN2)cc1. The summed E-state index contributed by atoms with van der Waals surface area (Å²) in [5.74, 6) is 0.977. The van der Waals surface area contributed by atoms with E-state index in [4.69, 9.17) is 4.74 Å². The molecule has 0 bridgehead atoms. The second-order valence-corrected chi connectivity index (χ2v) is 5.71. The van der Waals surface area contributed by atoms with Crippen LogP contribution in [0.2, 0.25) is 0 Å². The highest BCUT2D eigenvalue weighted by Gasteiger charge is 2.24. The maximum absolute atomic E-state index is 5.75. The highest BCUT2D eigenvalue weighted by atomic mass is 16.5. The van der Waals surface area contributed by atoms with Crippen molar-refractivity contribution in [2.45, 2.75) is 51.6 Å². The van der Waals surface area contributed by atoms with E-state index in [-0.39, 0.29) is 0 Å². The molecule has 118 valence electrons. The molecule has 1 aromatic rings. The molecule has 0 spiro atoms. The highest BCUT2D eigenvalue weighted by Crippen LogP contribution is 2.24. The Morgan fingerprint density at radius 1 is 1.14 bits per heavy atom. The van der Waals surface area contributed by atoms with Crippen molar-refractivity contribution in [2.75, 3.05) is 19.7 Å². The van der Waals surface area contributed by atoms with Crippen LogP contribution < -0.4 is 20.9 Å². The molecule has 2 rings (SSSR count). The van der Waals surface area contributed by atoms with Crippen LogP contribution in [0.3, 0.4) is 0 Å². The van der Waals surface area contributed by atoms with E-state index < -0.39 is 0 Å². The summed E-state index contributed by atoms with van der Waals surface area (Å²) in [6.07, 6.45) is 4.72. The zero-order valence-corrected chi connectivity index (χ0v) is 13.3. The van der Waals surface area contributed by atoms with Crippen LogP contribution in [0.15, 0.2) is 24.3 Å². The first kappa shape index (κ1) is 16.3. The first-order valence-electron chi connectivity index (χ1n) is 8.28. The first-order chi connectivity index (χ1) is 10.3. The summed E-state index contributed by atoms with van der Waals surface area (Å²) in [7, 11) is 0. The van der Waals surface area contributed by atoms with E-state index in [1.165, 1.54) is 18.4 Å². The first-order valence-corrected chi connectivity index (χ1v) is 8.28. The number of ether oxygens (including phenoxy) is 1. The third-order valence-corrected chi connectivity index (χ3v) is 3.92. The van der Waals surface area contributed by atoms with Gasteiger partial charge in [0.15, 0.2) is 0 Å². The zero-order chi connectivity index (χ0) is 14.9. The van der Waals surface area contributed by atoms with E-state index in [9.17, 15) is 0 Å². The Bertz CT molecular complexity index is 394. The van der Waals surface area contributed by atoms with Gasteiger partial charge in [0.1, 0.15) is 5.75 Å². The van der Waals surface area contributed by atoms with Crippen molar-refractivity contribution in [1.29, 1.82) is 0 Å². The molecule has 0 amide bonds. The molecular formula is C17H29N3O. The van der Waals surface area contributed by atoms with Crippen molar-refractivity contribution in [2.24, 2.45) is 0 Å². The molecule has 1 aromatic carbocycles. The lowest BCUT2D eigenvalue weighted by molar-refractivity contribution is 0.306. The number of likely N-dealkylation sites (N-methyl/N-ethyl adjacent to an activating group) is 1. The highest BCUT2D eigenvalue weighted by molar-refractivity contribution is 5.29. The average molecular weight is 291 g/mol. The number of rotatable bonds is 9. The molecule has 1 aliphatic rings. The Balaban J connectivity index is 1.77. The quantitative estimate of drug-likeness (QED) is 0.612. The Kier molecular flexibility index (Phi) is 7.00. The van der Waals surface area contributed by atoms with Crippen LogP contribution in [0.1, 0.15) is 51.1 Å². The number of hydrazine groups is 1.